The van der Waals surface area contributed by atoms with Crippen molar-refractivity contribution >= 4 is 17.3 Å². The summed E-state index contributed by atoms with van der Waals surface area (Å²) in [5, 5.41) is 23.4. The van der Waals surface area contributed by atoms with E-state index in [1.807, 2.05) is 5.32 Å². The lowest BCUT2D eigenvalue weighted by molar-refractivity contribution is -0.383. The highest BCUT2D eigenvalue weighted by Crippen LogP contribution is 2.25. The van der Waals surface area contributed by atoms with Crippen molar-refractivity contribution in [3.63, 3.8) is 0 Å². The zero-order valence-electron chi connectivity index (χ0n) is 10.4. The number of hydrogen-bond acceptors (Lipinski definition) is 5. The second kappa shape index (κ2) is 6.67. The minimum atomic E-state index is -4.46. The van der Waals surface area contributed by atoms with E-state index in [-0.39, 0.29) is 11.3 Å². The number of nitrogens with zero attached hydrogens (tertiary/aromatic N) is 2. The number of alkyl halides is 3. The number of anilines is 1. The molecule has 1 rings (SSSR count). The molecule has 0 unspecified atom stereocenters. The van der Waals surface area contributed by atoms with Crippen LogP contribution in [0.2, 0.25) is 0 Å². The molecule has 1 aromatic carbocycles. The number of amides is 1. The van der Waals surface area contributed by atoms with Gasteiger partial charge in [0.05, 0.1) is 29.6 Å². The fraction of sp³-hybridized carbons (Fsp3) is 0.273. The SMILES string of the molecule is N#Cc1ccc(NC(=O)CNCC(F)(F)F)c([N+](=O)[O-])c1. The minimum absolute atomic E-state index is 0.0231. The van der Waals surface area contributed by atoms with E-state index in [1.54, 1.807) is 6.07 Å². The number of benzene rings is 1. The zero-order valence-corrected chi connectivity index (χ0v) is 10.4. The summed E-state index contributed by atoms with van der Waals surface area (Å²) >= 11 is 0. The Balaban J connectivity index is 2.72. The number of rotatable bonds is 5. The molecule has 1 amide bonds. The van der Waals surface area contributed by atoms with Gasteiger partial charge >= 0.3 is 6.18 Å². The number of nitriles is 1. The quantitative estimate of drug-likeness (QED) is 0.634. The molecule has 1 aromatic rings. The van der Waals surface area contributed by atoms with Crippen LogP contribution < -0.4 is 10.6 Å². The van der Waals surface area contributed by atoms with Crippen LogP contribution in [0.5, 0.6) is 0 Å². The standard InChI is InChI=1S/C11H9F3N4O3/c12-11(13,14)6-16-5-10(19)17-8-2-1-7(4-15)3-9(8)18(20)21/h1-3,16H,5-6H2,(H,17,19). The van der Waals surface area contributed by atoms with Gasteiger partial charge in [-0.05, 0) is 12.1 Å². The van der Waals surface area contributed by atoms with Gasteiger partial charge in [0.25, 0.3) is 5.69 Å². The molecule has 0 aromatic heterocycles. The van der Waals surface area contributed by atoms with Gasteiger partial charge in [-0.3, -0.25) is 14.9 Å². The first kappa shape index (κ1) is 16.4. The smallest absolute Gasteiger partial charge is 0.319 e. The van der Waals surface area contributed by atoms with Crippen LogP contribution in [0, 0.1) is 21.4 Å². The molecular formula is C11H9F3N4O3. The molecule has 0 saturated heterocycles. The maximum absolute atomic E-state index is 11.9. The third-order valence-corrected chi connectivity index (χ3v) is 2.21. The third-order valence-electron chi connectivity index (χ3n) is 2.21. The highest BCUT2D eigenvalue weighted by Gasteiger charge is 2.26. The number of carbonyl (C=O) groups excluding carboxylic acids is 1. The molecule has 10 heteroatoms. The van der Waals surface area contributed by atoms with Gasteiger partial charge in [-0.25, -0.2) is 0 Å². The van der Waals surface area contributed by atoms with Crippen LogP contribution in [0.15, 0.2) is 18.2 Å². The van der Waals surface area contributed by atoms with Crippen molar-refractivity contribution < 1.29 is 22.9 Å². The van der Waals surface area contributed by atoms with Crippen molar-refractivity contribution in [1.29, 1.82) is 5.26 Å². The lowest BCUT2D eigenvalue weighted by Crippen LogP contribution is -2.35. The Morgan fingerprint density at radius 3 is 2.62 bits per heavy atom. The molecule has 7 nitrogen and oxygen atoms in total. The molecule has 0 saturated carbocycles. The van der Waals surface area contributed by atoms with Crippen molar-refractivity contribution in [2.45, 2.75) is 6.18 Å². The topological polar surface area (TPSA) is 108 Å². The summed E-state index contributed by atoms with van der Waals surface area (Å²) in [5.74, 6) is -0.868. The maximum Gasteiger partial charge on any atom is 0.401 e. The molecule has 112 valence electrons. The Bertz CT molecular complexity index is 595. The van der Waals surface area contributed by atoms with Gasteiger partial charge in [0.1, 0.15) is 5.69 Å². The highest BCUT2D eigenvalue weighted by atomic mass is 19.4. The molecule has 0 heterocycles. The predicted octanol–water partition coefficient (Wildman–Crippen LogP) is 1.56. The Labute approximate surface area is 116 Å². The summed E-state index contributed by atoms with van der Waals surface area (Å²) in [6.07, 6.45) is -4.46. The van der Waals surface area contributed by atoms with Gasteiger partial charge in [-0.1, -0.05) is 0 Å². The lowest BCUT2D eigenvalue weighted by atomic mass is 10.2. The van der Waals surface area contributed by atoms with Gasteiger partial charge in [0, 0.05) is 6.07 Å². The van der Waals surface area contributed by atoms with Crippen LogP contribution in [-0.4, -0.2) is 30.1 Å². The molecule has 0 fully saturated rings. The lowest BCUT2D eigenvalue weighted by Gasteiger charge is -2.09. The maximum atomic E-state index is 11.9. The van der Waals surface area contributed by atoms with Crippen molar-refractivity contribution in [2.24, 2.45) is 0 Å². The van der Waals surface area contributed by atoms with Crippen LogP contribution in [0.4, 0.5) is 24.5 Å². The summed E-state index contributed by atoms with van der Waals surface area (Å²) < 4.78 is 35.6. The number of nitro groups is 1. The van der Waals surface area contributed by atoms with Crippen LogP contribution >= 0.6 is 0 Å². The van der Waals surface area contributed by atoms with Crippen LogP contribution in [-0.2, 0) is 4.79 Å². The fourth-order valence-corrected chi connectivity index (χ4v) is 1.37. The Morgan fingerprint density at radius 2 is 2.10 bits per heavy atom. The predicted molar refractivity (Wildman–Crippen MR) is 65.4 cm³/mol. The first-order chi connectivity index (χ1) is 9.73. The molecule has 0 aliphatic heterocycles. The van der Waals surface area contributed by atoms with Crippen LogP contribution in [0.1, 0.15) is 5.56 Å². The monoisotopic (exact) mass is 302 g/mol. The molecular weight excluding hydrogens is 293 g/mol. The molecule has 0 radical (unpaired) electrons. The molecule has 0 spiro atoms. The molecule has 0 atom stereocenters. The molecule has 0 aliphatic rings. The number of nitrogens with one attached hydrogen (secondary N) is 2. The molecule has 0 aliphatic carbocycles. The summed E-state index contributed by atoms with van der Waals surface area (Å²) in [6, 6.07) is 5.04. The summed E-state index contributed by atoms with van der Waals surface area (Å²) in [7, 11) is 0. The van der Waals surface area contributed by atoms with Gasteiger partial charge in [0.15, 0.2) is 0 Å². The average molecular weight is 302 g/mol. The second-order valence-electron chi connectivity index (χ2n) is 3.87. The fourth-order valence-electron chi connectivity index (χ4n) is 1.37. The van der Waals surface area contributed by atoms with E-state index in [0.717, 1.165) is 12.1 Å². The largest absolute Gasteiger partial charge is 0.401 e. The van der Waals surface area contributed by atoms with Crippen molar-refractivity contribution in [2.75, 3.05) is 18.4 Å². The normalized spacial score (nSPS) is 10.8. The van der Waals surface area contributed by atoms with E-state index in [0.29, 0.717) is 0 Å². The highest BCUT2D eigenvalue weighted by molar-refractivity contribution is 5.94. The van der Waals surface area contributed by atoms with E-state index < -0.39 is 35.8 Å². The van der Waals surface area contributed by atoms with E-state index in [1.165, 1.54) is 6.07 Å². The Kier molecular flexibility index (Phi) is 5.20. The first-order valence-electron chi connectivity index (χ1n) is 5.49. The van der Waals surface area contributed by atoms with E-state index in [2.05, 4.69) is 5.32 Å². The Hall–Kier alpha value is -2.67. The van der Waals surface area contributed by atoms with Gasteiger partial charge in [0.2, 0.25) is 5.91 Å². The van der Waals surface area contributed by atoms with Crippen molar-refractivity contribution in [3.05, 3.63) is 33.9 Å². The van der Waals surface area contributed by atoms with Crippen molar-refractivity contribution in [1.82, 2.24) is 5.32 Å². The van der Waals surface area contributed by atoms with Gasteiger partial charge in [-0.15, -0.1) is 0 Å². The molecule has 2 N–H and O–H groups in total. The summed E-state index contributed by atoms with van der Waals surface area (Å²) in [6.45, 7) is -2.01. The molecule has 0 bridgehead atoms. The van der Waals surface area contributed by atoms with Gasteiger partial charge < -0.3 is 10.6 Å². The number of hydrogen-bond donors (Lipinski definition) is 2. The molecule has 21 heavy (non-hydrogen) atoms. The first-order valence-corrected chi connectivity index (χ1v) is 5.49. The van der Waals surface area contributed by atoms with Gasteiger partial charge in [-0.2, -0.15) is 18.4 Å². The number of halogens is 3. The summed E-state index contributed by atoms with van der Waals surface area (Å²) in [4.78, 5) is 21.4. The van der Waals surface area contributed by atoms with E-state index in [4.69, 9.17) is 5.26 Å². The van der Waals surface area contributed by atoms with Crippen molar-refractivity contribution in [3.8, 4) is 6.07 Å². The Morgan fingerprint density at radius 1 is 1.43 bits per heavy atom. The third kappa shape index (κ3) is 5.45. The summed E-state index contributed by atoms with van der Waals surface area (Å²) in [5.41, 5.74) is -0.689. The zero-order chi connectivity index (χ0) is 16.0. The van der Waals surface area contributed by atoms with E-state index >= 15 is 0 Å². The number of nitro benzene ring substituents is 1. The van der Waals surface area contributed by atoms with Crippen LogP contribution in [0.3, 0.4) is 0 Å². The minimum Gasteiger partial charge on any atom is -0.319 e. The van der Waals surface area contributed by atoms with E-state index in [9.17, 15) is 28.1 Å². The number of carbonyl (C=O) groups is 1. The second-order valence-corrected chi connectivity index (χ2v) is 3.87. The van der Waals surface area contributed by atoms with Crippen LogP contribution in [0.25, 0.3) is 0 Å². The average Bonchev–Trinajstić information content (AvgIpc) is 2.37.